The Morgan fingerprint density at radius 2 is 2.00 bits per heavy atom. The summed E-state index contributed by atoms with van der Waals surface area (Å²) in [6, 6.07) is 0.335. The van der Waals surface area contributed by atoms with E-state index < -0.39 is 11.2 Å². The summed E-state index contributed by atoms with van der Waals surface area (Å²) in [4.78, 5) is 41.7. The Kier molecular flexibility index (Phi) is 8.89. The molecule has 0 bridgehead atoms. The summed E-state index contributed by atoms with van der Waals surface area (Å²) >= 11 is 0. The van der Waals surface area contributed by atoms with Gasteiger partial charge in [-0.15, -0.1) is 0 Å². The van der Waals surface area contributed by atoms with Gasteiger partial charge in [-0.3, -0.25) is 15.3 Å². The lowest BCUT2D eigenvalue weighted by atomic mass is 9.56. The molecule has 4 N–H and O–H groups in total. The first-order valence-electron chi connectivity index (χ1n) is 17.2. The van der Waals surface area contributed by atoms with Gasteiger partial charge in [0.2, 0.25) is 5.91 Å². The van der Waals surface area contributed by atoms with Crippen LogP contribution in [0, 0.1) is 29.6 Å². The van der Waals surface area contributed by atoms with Gasteiger partial charge in [0, 0.05) is 73.6 Å². The Bertz CT molecular complexity index is 1280. The van der Waals surface area contributed by atoms with Crippen LogP contribution in [0.2, 0.25) is 0 Å². The van der Waals surface area contributed by atoms with Crippen LogP contribution in [-0.2, 0) is 28.6 Å². The van der Waals surface area contributed by atoms with Crippen LogP contribution in [0.1, 0.15) is 78.6 Å². The zero-order chi connectivity index (χ0) is 31.5. The molecule has 6 fully saturated rings. The summed E-state index contributed by atoms with van der Waals surface area (Å²) in [5, 5.41) is 2.21. The summed E-state index contributed by atoms with van der Waals surface area (Å²) in [6.07, 6.45) is 10.6. The van der Waals surface area contributed by atoms with Gasteiger partial charge in [-0.25, -0.2) is 4.79 Å². The second-order valence-electron chi connectivity index (χ2n) is 14.9. The Hall–Kier alpha value is -1.53. The van der Waals surface area contributed by atoms with Gasteiger partial charge in [0.25, 0.3) is 0 Å². The molecule has 9 nitrogen and oxygen atoms in total. The number of rotatable bonds is 2. The molecule has 45 heavy (non-hydrogen) atoms. The Labute approximate surface area is 274 Å². The second-order valence-corrected chi connectivity index (χ2v) is 17.4. The van der Waals surface area contributed by atoms with Crippen molar-refractivity contribution in [3.63, 3.8) is 0 Å². The fraction of sp³-hybridized carbons (Fsp3) is 0.794. The van der Waals surface area contributed by atoms with E-state index in [1.165, 1.54) is 5.57 Å². The molecule has 0 aromatic rings. The Balaban J connectivity index is 1.31. The molecule has 5 aliphatic heterocycles. The predicted octanol–water partition coefficient (Wildman–Crippen LogP) is 3.33. The topological polar surface area (TPSA) is 125 Å². The number of allylic oxidation sites excluding steroid dienone is 1. The maximum absolute atomic E-state index is 13.8. The molecule has 11 unspecified atom stereocenters. The van der Waals surface area contributed by atoms with Crippen LogP contribution >= 0.6 is 21.6 Å². The van der Waals surface area contributed by atoms with Crippen LogP contribution in [0.25, 0.3) is 0 Å². The lowest BCUT2D eigenvalue weighted by molar-refractivity contribution is -0.706. The van der Waals surface area contributed by atoms with Crippen molar-refractivity contribution < 1.29 is 33.9 Å². The highest BCUT2D eigenvalue weighted by atomic mass is 33.1. The van der Waals surface area contributed by atoms with E-state index in [0.29, 0.717) is 43.2 Å². The fourth-order valence-corrected chi connectivity index (χ4v) is 12.3. The summed E-state index contributed by atoms with van der Waals surface area (Å²) < 4.78 is 20.0. The van der Waals surface area contributed by atoms with Gasteiger partial charge in [0.05, 0.1) is 12.6 Å². The summed E-state index contributed by atoms with van der Waals surface area (Å²) in [6.45, 7) is 7.41. The van der Waals surface area contributed by atoms with Gasteiger partial charge >= 0.3 is 11.9 Å². The van der Waals surface area contributed by atoms with Crippen LogP contribution in [0.15, 0.2) is 23.3 Å². The van der Waals surface area contributed by atoms with Crippen molar-refractivity contribution in [2.24, 2.45) is 35.3 Å². The average molecular weight is 661 g/mol. The van der Waals surface area contributed by atoms with Gasteiger partial charge in [0.1, 0.15) is 23.5 Å². The molecule has 5 saturated heterocycles. The van der Waals surface area contributed by atoms with E-state index in [1.54, 1.807) is 13.0 Å². The molecule has 7 aliphatic rings. The van der Waals surface area contributed by atoms with Crippen LogP contribution in [0.3, 0.4) is 0 Å². The standard InChI is InChI=1S/C34H49N3O6S2/c1-4-19(2)32(40)43-33(3)9-7-21-17-44-45-18-24-8-10-37(24)29(38)12-23-16-36-28(35)13-25(23)31(21)34(33)15-22-11-20-5-6-30(39)41-26(20)14-27(22)42-34/h4,7,20,22-28,31,36H,5-6,8-18,35H2,1-3H3/p+1. The molecule has 7 rings (SSSR count). The number of hydrogen-bond acceptors (Lipinski definition) is 9. The van der Waals surface area contributed by atoms with Crippen molar-refractivity contribution in [1.82, 2.24) is 4.90 Å². The van der Waals surface area contributed by atoms with Crippen LogP contribution in [0.4, 0.5) is 0 Å². The van der Waals surface area contributed by atoms with E-state index in [1.807, 2.05) is 28.5 Å². The number of nitrogens with two attached hydrogens (primary N) is 2. The third-order valence-electron chi connectivity index (χ3n) is 12.5. The number of nitrogens with zero attached hydrogens (tertiary/aromatic N) is 1. The predicted molar refractivity (Wildman–Crippen MR) is 174 cm³/mol. The van der Waals surface area contributed by atoms with E-state index in [-0.39, 0.29) is 59.9 Å². The molecular formula is C34H50N3O6S2+. The van der Waals surface area contributed by atoms with Crippen molar-refractivity contribution >= 4 is 39.4 Å². The van der Waals surface area contributed by atoms with Crippen molar-refractivity contribution in [2.75, 3.05) is 24.6 Å². The number of carbonyl (C=O) groups is 3. The number of piperidine rings is 1. The Morgan fingerprint density at radius 1 is 1.16 bits per heavy atom. The zero-order valence-corrected chi connectivity index (χ0v) is 28.5. The SMILES string of the molecule is CC=C(C)C(=O)OC1(C)CC=C2CSSCC3CCN3C(=O)CC3C[NH2+]C(N)CC3C2C12CC1CC3CCC(=O)OC3CC1O2. The molecular weight excluding hydrogens is 611 g/mol. The van der Waals surface area contributed by atoms with Crippen molar-refractivity contribution in [2.45, 2.75) is 114 Å². The molecule has 11 heteroatoms. The molecule has 0 radical (unpaired) electrons. The lowest BCUT2D eigenvalue weighted by Gasteiger charge is -2.56. The minimum absolute atomic E-state index is 0.0394. The molecule has 1 amide bonds. The van der Waals surface area contributed by atoms with Gasteiger partial charge in [-0.05, 0) is 64.2 Å². The first-order chi connectivity index (χ1) is 21.6. The third kappa shape index (κ3) is 5.70. The van der Waals surface area contributed by atoms with Gasteiger partial charge in [-0.1, -0.05) is 39.3 Å². The molecule has 5 heterocycles. The largest absolute Gasteiger partial charge is 0.462 e. The van der Waals surface area contributed by atoms with Crippen LogP contribution < -0.4 is 11.1 Å². The van der Waals surface area contributed by atoms with Crippen LogP contribution in [-0.4, -0.2) is 83.0 Å². The first-order valence-corrected chi connectivity index (χ1v) is 19.6. The van der Waals surface area contributed by atoms with E-state index in [2.05, 4.69) is 23.2 Å². The highest BCUT2D eigenvalue weighted by Gasteiger charge is 2.68. The molecule has 0 aromatic carbocycles. The maximum Gasteiger partial charge on any atom is 0.334 e. The highest BCUT2D eigenvalue weighted by Crippen LogP contribution is 2.61. The second kappa shape index (κ2) is 12.5. The quantitative estimate of drug-likeness (QED) is 0.199. The Morgan fingerprint density at radius 3 is 2.78 bits per heavy atom. The van der Waals surface area contributed by atoms with E-state index in [4.69, 9.17) is 19.9 Å². The monoisotopic (exact) mass is 660 g/mol. The van der Waals surface area contributed by atoms with Gasteiger partial charge < -0.3 is 24.4 Å². The van der Waals surface area contributed by atoms with Gasteiger partial charge in [-0.2, -0.15) is 0 Å². The van der Waals surface area contributed by atoms with E-state index >= 15 is 0 Å². The molecule has 1 saturated carbocycles. The number of quaternary nitrogens is 1. The highest BCUT2D eigenvalue weighted by molar-refractivity contribution is 8.76. The normalized spacial score (nSPS) is 45.2. The third-order valence-corrected chi connectivity index (χ3v) is 14.9. The number of amides is 1. The van der Waals surface area contributed by atoms with Crippen LogP contribution in [0.5, 0.6) is 0 Å². The molecule has 248 valence electrons. The molecule has 0 aromatic heterocycles. The number of fused-ring (bicyclic) bond motifs is 7. The zero-order valence-electron chi connectivity index (χ0n) is 26.9. The summed E-state index contributed by atoms with van der Waals surface area (Å²) in [7, 11) is 3.75. The lowest BCUT2D eigenvalue weighted by Crippen LogP contribution is -2.96. The number of esters is 2. The summed E-state index contributed by atoms with van der Waals surface area (Å²) in [5.74, 6) is 2.53. The van der Waals surface area contributed by atoms with Crippen molar-refractivity contribution in [3.05, 3.63) is 23.3 Å². The number of hydrogen-bond donors (Lipinski definition) is 2. The minimum atomic E-state index is -0.904. The minimum Gasteiger partial charge on any atom is -0.462 e. The average Bonchev–Trinajstić information content (AvgIpc) is 3.36. The summed E-state index contributed by atoms with van der Waals surface area (Å²) in [5.41, 5.74) is 6.98. The smallest absolute Gasteiger partial charge is 0.334 e. The first kappa shape index (κ1) is 32.0. The van der Waals surface area contributed by atoms with Crippen molar-refractivity contribution in [1.29, 1.82) is 0 Å². The maximum atomic E-state index is 13.8. The molecule has 11 atom stereocenters. The fourth-order valence-electron chi connectivity index (χ4n) is 9.74. The van der Waals surface area contributed by atoms with E-state index in [0.717, 1.165) is 56.7 Å². The number of ether oxygens (including phenoxy) is 3. The molecule has 1 spiro atoms. The van der Waals surface area contributed by atoms with E-state index in [9.17, 15) is 14.4 Å². The van der Waals surface area contributed by atoms with Gasteiger partial charge in [0.15, 0.2) is 0 Å². The number of carbonyl (C=O) groups excluding carboxylic acids is 3. The molecule has 2 aliphatic carbocycles. The van der Waals surface area contributed by atoms with Crippen molar-refractivity contribution in [3.8, 4) is 0 Å².